The van der Waals surface area contributed by atoms with E-state index in [-0.39, 0.29) is 11.5 Å². The van der Waals surface area contributed by atoms with Gasteiger partial charge >= 0.3 is 5.97 Å². The van der Waals surface area contributed by atoms with E-state index in [2.05, 4.69) is 5.32 Å². The minimum absolute atomic E-state index is 0.138. The molecular weight excluding hydrogens is 276 g/mol. The van der Waals surface area contributed by atoms with Crippen LogP contribution in [0.3, 0.4) is 0 Å². The average Bonchev–Trinajstić information content (AvgIpc) is 2.45. The predicted octanol–water partition coefficient (Wildman–Crippen LogP) is 1.12. The van der Waals surface area contributed by atoms with E-state index in [1.165, 1.54) is 0 Å². The van der Waals surface area contributed by atoms with Gasteiger partial charge < -0.3 is 16.2 Å². The maximum absolute atomic E-state index is 11.7. The van der Waals surface area contributed by atoms with Gasteiger partial charge in [-0.3, -0.25) is 4.79 Å². The summed E-state index contributed by atoms with van der Waals surface area (Å²) in [6.45, 7) is 0.498. The molecule has 1 rings (SSSR count). The van der Waals surface area contributed by atoms with Crippen molar-refractivity contribution in [2.24, 2.45) is 5.73 Å². The van der Waals surface area contributed by atoms with E-state index in [0.717, 1.165) is 11.3 Å². The summed E-state index contributed by atoms with van der Waals surface area (Å²) in [6, 6.07) is 6.16. The molecule has 0 aliphatic heterocycles. The first-order valence-corrected chi connectivity index (χ1v) is 7.78. The molecule has 0 aliphatic carbocycles. The van der Waals surface area contributed by atoms with Gasteiger partial charge in [0, 0.05) is 6.54 Å². The average molecular weight is 296 g/mol. The summed E-state index contributed by atoms with van der Waals surface area (Å²) in [6.07, 6.45) is 3.30. The molecule has 1 atom stereocenters. The molecule has 1 aromatic carbocycles. The van der Waals surface area contributed by atoms with Crippen LogP contribution in [0.15, 0.2) is 24.3 Å². The summed E-state index contributed by atoms with van der Waals surface area (Å²) in [4.78, 5) is 22.4. The summed E-state index contributed by atoms with van der Waals surface area (Å²) in [5.41, 5.74) is 6.99. The van der Waals surface area contributed by atoms with Crippen LogP contribution in [0.1, 0.15) is 22.3 Å². The highest BCUT2D eigenvalue weighted by Crippen LogP contribution is 2.05. The first-order chi connectivity index (χ1) is 9.54. The van der Waals surface area contributed by atoms with Crippen molar-refractivity contribution in [2.45, 2.75) is 18.9 Å². The van der Waals surface area contributed by atoms with Crippen LogP contribution >= 0.6 is 11.8 Å². The molecule has 4 N–H and O–H groups in total. The largest absolute Gasteiger partial charge is 0.478 e. The zero-order chi connectivity index (χ0) is 15.0. The molecular formula is C14H20N2O3S. The number of carbonyl (C=O) groups excluding carboxylic acids is 1. The van der Waals surface area contributed by atoms with Crippen molar-refractivity contribution in [1.29, 1.82) is 0 Å². The second-order valence-electron chi connectivity index (χ2n) is 4.43. The van der Waals surface area contributed by atoms with Gasteiger partial charge in [-0.1, -0.05) is 12.1 Å². The lowest BCUT2D eigenvalue weighted by Gasteiger charge is -2.11. The zero-order valence-corrected chi connectivity index (χ0v) is 12.3. The molecule has 0 radical (unpaired) electrons. The number of benzene rings is 1. The van der Waals surface area contributed by atoms with Crippen molar-refractivity contribution >= 4 is 23.6 Å². The van der Waals surface area contributed by atoms with Gasteiger partial charge in [-0.25, -0.2) is 4.79 Å². The number of hydrogen-bond acceptors (Lipinski definition) is 4. The second kappa shape index (κ2) is 8.60. The number of carbonyl (C=O) groups is 2. The SMILES string of the molecule is CSCC[C@H](N)C(=O)NCCc1ccc(C(=O)O)cc1. The molecule has 0 heterocycles. The smallest absolute Gasteiger partial charge is 0.335 e. The van der Waals surface area contributed by atoms with Gasteiger partial charge in [0.15, 0.2) is 0 Å². The zero-order valence-electron chi connectivity index (χ0n) is 11.5. The van der Waals surface area contributed by atoms with Gasteiger partial charge in [-0.15, -0.1) is 0 Å². The van der Waals surface area contributed by atoms with Crippen LogP contribution in [-0.2, 0) is 11.2 Å². The van der Waals surface area contributed by atoms with Crippen molar-refractivity contribution in [2.75, 3.05) is 18.6 Å². The Morgan fingerprint density at radius 1 is 1.35 bits per heavy atom. The number of carboxylic acid groups (broad SMARTS) is 1. The molecule has 110 valence electrons. The molecule has 0 saturated heterocycles. The van der Waals surface area contributed by atoms with Crippen molar-refractivity contribution in [1.82, 2.24) is 5.32 Å². The predicted molar refractivity (Wildman–Crippen MR) is 81.1 cm³/mol. The lowest BCUT2D eigenvalue weighted by Crippen LogP contribution is -2.41. The number of nitrogens with one attached hydrogen (secondary N) is 1. The van der Waals surface area contributed by atoms with E-state index in [0.29, 0.717) is 19.4 Å². The molecule has 6 heteroatoms. The standard InChI is InChI=1S/C14H20N2O3S/c1-20-9-7-12(15)13(17)16-8-6-10-2-4-11(5-3-10)14(18)19/h2-5,12H,6-9,15H2,1H3,(H,16,17)(H,18,19)/t12-/m0/s1. The van der Waals surface area contributed by atoms with Crippen LogP contribution < -0.4 is 11.1 Å². The molecule has 0 unspecified atom stereocenters. The molecule has 5 nitrogen and oxygen atoms in total. The number of carboxylic acids is 1. The summed E-state index contributed by atoms with van der Waals surface area (Å²) in [5.74, 6) is -0.212. The normalized spacial score (nSPS) is 11.9. The minimum Gasteiger partial charge on any atom is -0.478 e. The van der Waals surface area contributed by atoms with Crippen LogP contribution in [0.4, 0.5) is 0 Å². The number of rotatable bonds is 8. The molecule has 0 saturated carbocycles. The number of hydrogen-bond donors (Lipinski definition) is 3. The van der Waals surface area contributed by atoms with E-state index in [4.69, 9.17) is 10.8 Å². The van der Waals surface area contributed by atoms with E-state index < -0.39 is 12.0 Å². The van der Waals surface area contributed by atoms with Gasteiger partial charge in [-0.2, -0.15) is 11.8 Å². The highest BCUT2D eigenvalue weighted by molar-refractivity contribution is 7.98. The summed E-state index contributed by atoms with van der Waals surface area (Å²) >= 11 is 1.66. The molecule has 0 bridgehead atoms. The first-order valence-electron chi connectivity index (χ1n) is 6.39. The Hall–Kier alpha value is -1.53. The molecule has 1 aromatic rings. The van der Waals surface area contributed by atoms with E-state index in [1.807, 2.05) is 6.26 Å². The van der Waals surface area contributed by atoms with Crippen LogP contribution in [-0.4, -0.2) is 41.6 Å². The molecule has 0 fully saturated rings. The number of nitrogens with two attached hydrogens (primary N) is 1. The Morgan fingerprint density at radius 3 is 2.55 bits per heavy atom. The fourth-order valence-corrected chi connectivity index (χ4v) is 2.14. The highest BCUT2D eigenvalue weighted by atomic mass is 32.2. The Bertz CT molecular complexity index is 448. The van der Waals surface area contributed by atoms with Crippen molar-refractivity contribution in [3.63, 3.8) is 0 Å². The molecule has 20 heavy (non-hydrogen) atoms. The van der Waals surface area contributed by atoms with Crippen LogP contribution in [0.5, 0.6) is 0 Å². The third kappa shape index (κ3) is 5.63. The highest BCUT2D eigenvalue weighted by Gasteiger charge is 2.11. The fourth-order valence-electron chi connectivity index (χ4n) is 1.65. The quantitative estimate of drug-likeness (QED) is 0.668. The molecule has 1 amide bonds. The van der Waals surface area contributed by atoms with E-state index in [1.54, 1.807) is 36.0 Å². The van der Waals surface area contributed by atoms with Crippen molar-refractivity contribution in [3.8, 4) is 0 Å². The van der Waals surface area contributed by atoms with Crippen LogP contribution in [0, 0.1) is 0 Å². The van der Waals surface area contributed by atoms with Gasteiger partial charge in [0.05, 0.1) is 11.6 Å². The Kier molecular flexibility index (Phi) is 7.11. The molecule has 0 spiro atoms. The lowest BCUT2D eigenvalue weighted by atomic mass is 10.1. The monoisotopic (exact) mass is 296 g/mol. The Morgan fingerprint density at radius 2 is 2.00 bits per heavy atom. The van der Waals surface area contributed by atoms with Gasteiger partial charge in [0.2, 0.25) is 5.91 Å². The maximum atomic E-state index is 11.7. The number of thioether (sulfide) groups is 1. The van der Waals surface area contributed by atoms with Crippen molar-refractivity contribution in [3.05, 3.63) is 35.4 Å². The summed E-state index contributed by atoms with van der Waals surface area (Å²) in [7, 11) is 0. The second-order valence-corrected chi connectivity index (χ2v) is 5.42. The Balaban J connectivity index is 2.33. The number of aromatic carboxylic acids is 1. The van der Waals surface area contributed by atoms with Gasteiger partial charge in [0.1, 0.15) is 0 Å². The number of amides is 1. The summed E-state index contributed by atoms with van der Waals surface area (Å²) < 4.78 is 0. The van der Waals surface area contributed by atoms with Crippen LogP contribution in [0.25, 0.3) is 0 Å². The van der Waals surface area contributed by atoms with Gasteiger partial charge in [-0.05, 0) is 42.5 Å². The summed E-state index contributed by atoms with van der Waals surface area (Å²) in [5, 5.41) is 11.6. The Labute approximate surface area is 122 Å². The topological polar surface area (TPSA) is 92.4 Å². The molecule has 0 aromatic heterocycles. The van der Waals surface area contributed by atoms with E-state index in [9.17, 15) is 9.59 Å². The van der Waals surface area contributed by atoms with E-state index >= 15 is 0 Å². The third-order valence-corrected chi connectivity index (χ3v) is 3.53. The van der Waals surface area contributed by atoms with Gasteiger partial charge in [0.25, 0.3) is 0 Å². The third-order valence-electron chi connectivity index (χ3n) is 2.88. The first kappa shape index (κ1) is 16.5. The van der Waals surface area contributed by atoms with Crippen LogP contribution in [0.2, 0.25) is 0 Å². The van der Waals surface area contributed by atoms with Crippen molar-refractivity contribution < 1.29 is 14.7 Å². The lowest BCUT2D eigenvalue weighted by molar-refractivity contribution is -0.122. The minimum atomic E-state index is -0.940. The maximum Gasteiger partial charge on any atom is 0.335 e. The molecule has 0 aliphatic rings. The fraction of sp³-hybridized carbons (Fsp3) is 0.429.